The fourth-order valence-corrected chi connectivity index (χ4v) is 1.10. The summed E-state index contributed by atoms with van der Waals surface area (Å²) < 4.78 is 5.49. The molecular weight excluding hydrogens is 176 g/mol. The van der Waals surface area contributed by atoms with Gasteiger partial charge in [0.2, 0.25) is 0 Å². The third-order valence-electron chi connectivity index (χ3n) is 1.81. The van der Waals surface area contributed by atoms with E-state index >= 15 is 0 Å². The molecule has 0 saturated carbocycles. The first kappa shape index (κ1) is 8.69. The van der Waals surface area contributed by atoms with Crippen LogP contribution in [0.2, 0.25) is 0 Å². The minimum absolute atomic E-state index is 0.562. The molecule has 0 saturated heterocycles. The summed E-state index contributed by atoms with van der Waals surface area (Å²) in [5.74, 6) is 0.740. The summed E-state index contributed by atoms with van der Waals surface area (Å²) >= 11 is 0. The number of hydrogen-bond acceptors (Lipinski definition) is 3. The monoisotopic (exact) mass is 186 g/mol. The van der Waals surface area contributed by atoms with Crippen molar-refractivity contribution < 1.29 is 4.74 Å². The van der Waals surface area contributed by atoms with Crippen molar-refractivity contribution in [2.75, 3.05) is 0 Å². The van der Waals surface area contributed by atoms with Gasteiger partial charge in [-0.2, -0.15) is 10.2 Å². The normalized spacial score (nSPS) is 9.71. The molecule has 1 heterocycles. The highest BCUT2D eigenvalue weighted by atomic mass is 16.5. The molecule has 0 aliphatic carbocycles. The predicted octanol–water partition coefficient (Wildman–Crippen LogP) is 2.06. The Balaban J connectivity index is 1.96. The smallest absolute Gasteiger partial charge is 0.141 e. The summed E-state index contributed by atoms with van der Waals surface area (Å²) in [6, 6.07) is 11.8. The number of aromatic nitrogens is 2. The molecule has 2 aromatic rings. The van der Waals surface area contributed by atoms with E-state index in [1.807, 2.05) is 30.3 Å². The van der Waals surface area contributed by atoms with Crippen molar-refractivity contribution in [3.8, 4) is 5.75 Å². The van der Waals surface area contributed by atoms with E-state index in [9.17, 15) is 0 Å². The van der Waals surface area contributed by atoms with Gasteiger partial charge in [0, 0.05) is 6.07 Å². The predicted molar refractivity (Wildman–Crippen MR) is 52.8 cm³/mol. The van der Waals surface area contributed by atoms with Crippen LogP contribution in [0.4, 0.5) is 0 Å². The summed E-state index contributed by atoms with van der Waals surface area (Å²) in [4.78, 5) is 0. The molecule has 0 N–H and O–H groups in total. The van der Waals surface area contributed by atoms with Gasteiger partial charge in [0.1, 0.15) is 12.4 Å². The molecule has 1 aromatic heterocycles. The molecule has 1 aromatic carbocycles. The zero-order valence-corrected chi connectivity index (χ0v) is 7.63. The first-order valence-corrected chi connectivity index (χ1v) is 4.38. The van der Waals surface area contributed by atoms with E-state index in [1.165, 1.54) is 0 Å². The highest BCUT2D eigenvalue weighted by Crippen LogP contribution is 2.08. The minimum atomic E-state index is 0.562. The van der Waals surface area contributed by atoms with Crippen molar-refractivity contribution in [3.63, 3.8) is 0 Å². The van der Waals surface area contributed by atoms with Gasteiger partial charge in [0.05, 0.1) is 12.4 Å². The molecule has 70 valence electrons. The lowest BCUT2D eigenvalue weighted by Gasteiger charge is -2.04. The number of nitrogens with zero attached hydrogens (tertiary/aromatic N) is 2. The maximum Gasteiger partial charge on any atom is 0.141 e. The second-order valence-corrected chi connectivity index (χ2v) is 2.85. The lowest BCUT2D eigenvalue weighted by atomic mass is 10.2. The van der Waals surface area contributed by atoms with Crippen molar-refractivity contribution in [1.82, 2.24) is 10.2 Å². The molecule has 0 unspecified atom stereocenters. The number of hydrogen-bond donors (Lipinski definition) is 0. The van der Waals surface area contributed by atoms with E-state index in [-0.39, 0.29) is 0 Å². The molecule has 2 rings (SSSR count). The van der Waals surface area contributed by atoms with Gasteiger partial charge in [0.25, 0.3) is 0 Å². The van der Waals surface area contributed by atoms with Crippen molar-refractivity contribution >= 4 is 0 Å². The van der Waals surface area contributed by atoms with Gasteiger partial charge < -0.3 is 4.74 Å². The SMILES string of the molecule is c1ccc(COc2ccnnc2)cc1. The quantitative estimate of drug-likeness (QED) is 0.735. The maximum atomic E-state index is 5.49. The summed E-state index contributed by atoms with van der Waals surface area (Å²) in [7, 11) is 0. The van der Waals surface area contributed by atoms with Crippen LogP contribution in [-0.4, -0.2) is 10.2 Å². The summed E-state index contributed by atoms with van der Waals surface area (Å²) in [5.41, 5.74) is 1.14. The Morgan fingerprint density at radius 1 is 1.00 bits per heavy atom. The highest BCUT2D eigenvalue weighted by molar-refractivity contribution is 5.17. The van der Waals surface area contributed by atoms with Crippen LogP contribution in [0.3, 0.4) is 0 Å². The molecule has 0 aliphatic rings. The first-order chi connectivity index (χ1) is 6.95. The molecule has 3 heteroatoms. The van der Waals surface area contributed by atoms with E-state index < -0.39 is 0 Å². The van der Waals surface area contributed by atoms with E-state index in [4.69, 9.17) is 4.74 Å². The zero-order valence-electron chi connectivity index (χ0n) is 7.63. The van der Waals surface area contributed by atoms with Crippen molar-refractivity contribution in [2.45, 2.75) is 6.61 Å². The molecule has 0 fully saturated rings. The Hall–Kier alpha value is -1.90. The lowest BCUT2D eigenvalue weighted by Crippen LogP contribution is -1.95. The number of rotatable bonds is 3. The van der Waals surface area contributed by atoms with E-state index in [0.717, 1.165) is 11.3 Å². The Kier molecular flexibility index (Phi) is 2.71. The third-order valence-corrected chi connectivity index (χ3v) is 1.81. The Morgan fingerprint density at radius 3 is 2.57 bits per heavy atom. The lowest BCUT2D eigenvalue weighted by molar-refractivity contribution is 0.304. The van der Waals surface area contributed by atoms with Crippen LogP contribution >= 0.6 is 0 Å². The first-order valence-electron chi connectivity index (χ1n) is 4.38. The Labute approximate surface area is 82.4 Å². The van der Waals surface area contributed by atoms with Crippen molar-refractivity contribution in [2.24, 2.45) is 0 Å². The summed E-state index contributed by atoms with van der Waals surface area (Å²) in [6.07, 6.45) is 3.21. The maximum absolute atomic E-state index is 5.49. The summed E-state index contributed by atoms with van der Waals surface area (Å²) in [5, 5.41) is 7.39. The van der Waals surface area contributed by atoms with Gasteiger partial charge in [0.15, 0.2) is 0 Å². The summed E-state index contributed by atoms with van der Waals surface area (Å²) in [6.45, 7) is 0.562. The number of ether oxygens (including phenoxy) is 1. The molecular formula is C11H10N2O. The number of benzene rings is 1. The van der Waals surface area contributed by atoms with Crippen LogP contribution in [0.5, 0.6) is 5.75 Å². The van der Waals surface area contributed by atoms with Gasteiger partial charge in [-0.25, -0.2) is 0 Å². The fourth-order valence-electron chi connectivity index (χ4n) is 1.10. The van der Waals surface area contributed by atoms with Crippen LogP contribution in [0.15, 0.2) is 48.8 Å². The average Bonchev–Trinajstić information content (AvgIpc) is 2.29. The van der Waals surface area contributed by atoms with Crippen LogP contribution in [0.25, 0.3) is 0 Å². The zero-order chi connectivity index (χ0) is 9.64. The Bertz CT molecular complexity index is 336. The van der Waals surface area contributed by atoms with E-state index in [1.54, 1.807) is 18.5 Å². The van der Waals surface area contributed by atoms with Gasteiger partial charge in [-0.15, -0.1) is 0 Å². The highest BCUT2D eigenvalue weighted by Gasteiger charge is 1.93. The van der Waals surface area contributed by atoms with Crippen molar-refractivity contribution in [3.05, 3.63) is 54.4 Å². The molecule has 0 atom stereocenters. The second-order valence-electron chi connectivity index (χ2n) is 2.85. The van der Waals surface area contributed by atoms with Gasteiger partial charge >= 0.3 is 0 Å². The topological polar surface area (TPSA) is 35.0 Å². The Morgan fingerprint density at radius 2 is 1.86 bits per heavy atom. The van der Waals surface area contributed by atoms with Gasteiger partial charge in [-0.05, 0) is 5.56 Å². The largest absolute Gasteiger partial charge is 0.487 e. The van der Waals surface area contributed by atoms with Crippen LogP contribution in [0.1, 0.15) is 5.56 Å². The van der Waals surface area contributed by atoms with Crippen molar-refractivity contribution in [1.29, 1.82) is 0 Å². The van der Waals surface area contributed by atoms with Crippen LogP contribution in [-0.2, 0) is 6.61 Å². The fraction of sp³-hybridized carbons (Fsp3) is 0.0909. The van der Waals surface area contributed by atoms with E-state index in [2.05, 4.69) is 10.2 Å². The standard InChI is InChI=1S/C11H10N2O/c1-2-4-10(5-3-1)9-14-11-6-7-12-13-8-11/h1-8H,9H2. The molecule has 3 nitrogen and oxygen atoms in total. The third kappa shape index (κ3) is 2.29. The molecule has 0 aliphatic heterocycles. The average molecular weight is 186 g/mol. The molecule has 0 bridgehead atoms. The molecule has 0 radical (unpaired) electrons. The molecule has 14 heavy (non-hydrogen) atoms. The van der Waals surface area contributed by atoms with Crippen LogP contribution in [0, 0.1) is 0 Å². The second kappa shape index (κ2) is 4.37. The van der Waals surface area contributed by atoms with Gasteiger partial charge in [-0.3, -0.25) is 0 Å². The van der Waals surface area contributed by atoms with Gasteiger partial charge in [-0.1, -0.05) is 30.3 Å². The van der Waals surface area contributed by atoms with E-state index in [0.29, 0.717) is 6.61 Å². The molecule has 0 spiro atoms. The molecule has 0 amide bonds. The van der Waals surface area contributed by atoms with Crippen LogP contribution < -0.4 is 4.74 Å². The minimum Gasteiger partial charge on any atom is -0.487 e.